The molecular formula is C10H6N2S2. The van der Waals surface area contributed by atoms with Gasteiger partial charge in [-0.25, -0.2) is 0 Å². The normalized spacial score (nSPS) is 10.9. The number of fused-ring (bicyclic) bond motifs is 1. The fourth-order valence-electron chi connectivity index (χ4n) is 1.39. The molecule has 0 radical (unpaired) electrons. The van der Waals surface area contributed by atoms with Crippen molar-refractivity contribution in [3.05, 3.63) is 35.7 Å². The quantitative estimate of drug-likeness (QED) is 0.625. The summed E-state index contributed by atoms with van der Waals surface area (Å²) >= 11 is 3.18. The van der Waals surface area contributed by atoms with Crippen LogP contribution in [0.25, 0.3) is 20.7 Å². The monoisotopic (exact) mass is 218 g/mol. The molecule has 0 aliphatic heterocycles. The molecule has 68 valence electrons. The molecule has 0 bridgehead atoms. The van der Waals surface area contributed by atoms with Crippen LogP contribution in [0, 0.1) is 0 Å². The molecule has 0 aliphatic carbocycles. The first kappa shape index (κ1) is 8.08. The molecule has 1 aromatic carbocycles. The van der Waals surface area contributed by atoms with Gasteiger partial charge in [-0.2, -0.15) is 0 Å². The average Bonchev–Trinajstić information content (AvgIpc) is 2.79. The van der Waals surface area contributed by atoms with Crippen LogP contribution in [0.2, 0.25) is 0 Å². The van der Waals surface area contributed by atoms with Gasteiger partial charge in [-0.05, 0) is 17.1 Å². The standard InChI is InChI=1S/C10H6N2S2/c1-2-4-7(5-3-1)10-9-8(6-13-10)14-12-11-9/h1-6H. The minimum Gasteiger partial charge on any atom is -0.140 e. The van der Waals surface area contributed by atoms with Crippen LogP contribution in [0.5, 0.6) is 0 Å². The number of hydrogen-bond acceptors (Lipinski definition) is 4. The Labute approximate surface area is 89.0 Å². The minimum atomic E-state index is 1.03. The summed E-state index contributed by atoms with van der Waals surface area (Å²) in [5.74, 6) is 0. The third kappa shape index (κ3) is 1.15. The van der Waals surface area contributed by atoms with E-state index in [1.54, 1.807) is 11.3 Å². The maximum atomic E-state index is 4.13. The van der Waals surface area contributed by atoms with Crippen molar-refractivity contribution < 1.29 is 0 Å². The van der Waals surface area contributed by atoms with E-state index in [1.807, 2.05) is 18.2 Å². The van der Waals surface area contributed by atoms with Gasteiger partial charge in [0.05, 0.1) is 9.58 Å². The van der Waals surface area contributed by atoms with Gasteiger partial charge < -0.3 is 0 Å². The number of hydrogen-bond donors (Lipinski definition) is 0. The first-order valence-electron chi connectivity index (χ1n) is 4.20. The van der Waals surface area contributed by atoms with Crippen molar-refractivity contribution in [2.24, 2.45) is 0 Å². The highest BCUT2D eigenvalue weighted by atomic mass is 32.1. The van der Waals surface area contributed by atoms with Gasteiger partial charge in [-0.1, -0.05) is 34.8 Å². The predicted octanol–water partition coefficient (Wildman–Crippen LogP) is 3.42. The Balaban J connectivity index is 2.28. The van der Waals surface area contributed by atoms with Crippen LogP contribution in [-0.2, 0) is 0 Å². The highest BCUT2D eigenvalue weighted by Crippen LogP contribution is 2.34. The van der Waals surface area contributed by atoms with Crippen LogP contribution < -0.4 is 0 Å². The van der Waals surface area contributed by atoms with E-state index in [-0.39, 0.29) is 0 Å². The molecule has 14 heavy (non-hydrogen) atoms. The average molecular weight is 218 g/mol. The van der Waals surface area contributed by atoms with E-state index in [2.05, 4.69) is 27.1 Å². The Morgan fingerprint density at radius 1 is 1.07 bits per heavy atom. The molecule has 2 heterocycles. The molecule has 2 aromatic heterocycles. The van der Waals surface area contributed by atoms with Crippen molar-refractivity contribution in [1.29, 1.82) is 0 Å². The first-order chi connectivity index (χ1) is 6.95. The molecule has 0 aliphatic rings. The van der Waals surface area contributed by atoms with Gasteiger partial charge in [0.15, 0.2) is 0 Å². The second-order valence-electron chi connectivity index (χ2n) is 2.92. The van der Waals surface area contributed by atoms with Gasteiger partial charge >= 0.3 is 0 Å². The number of benzene rings is 1. The summed E-state index contributed by atoms with van der Waals surface area (Å²) in [6.45, 7) is 0. The van der Waals surface area contributed by atoms with Crippen LogP contribution in [0.3, 0.4) is 0 Å². The van der Waals surface area contributed by atoms with E-state index >= 15 is 0 Å². The second-order valence-corrected chi connectivity index (χ2v) is 4.58. The number of nitrogens with zero attached hydrogens (tertiary/aromatic N) is 2. The Hall–Kier alpha value is -1.26. The summed E-state index contributed by atoms with van der Waals surface area (Å²) in [4.78, 5) is 1.22. The molecule has 3 aromatic rings. The molecule has 0 amide bonds. The topological polar surface area (TPSA) is 25.8 Å². The number of aromatic nitrogens is 2. The molecule has 0 saturated carbocycles. The van der Waals surface area contributed by atoms with Gasteiger partial charge in [0.2, 0.25) is 0 Å². The summed E-state index contributed by atoms with van der Waals surface area (Å²) < 4.78 is 5.12. The van der Waals surface area contributed by atoms with Crippen LogP contribution in [0.1, 0.15) is 0 Å². The molecule has 3 rings (SSSR count). The fourth-order valence-corrected chi connectivity index (χ4v) is 3.09. The molecular weight excluding hydrogens is 212 g/mol. The van der Waals surface area contributed by atoms with Crippen LogP contribution in [0.15, 0.2) is 35.7 Å². The largest absolute Gasteiger partial charge is 0.140 e. The number of rotatable bonds is 1. The van der Waals surface area contributed by atoms with E-state index < -0.39 is 0 Å². The zero-order chi connectivity index (χ0) is 9.38. The van der Waals surface area contributed by atoms with E-state index in [1.165, 1.54) is 26.7 Å². The van der Waals surface area contributed by atoms with E-state index in [4.69, 9.17) is 0 Å². The van der Waals surface area contributed by atoms with E-state index in [9.17, 15) is 0 Å². The Bertz CT molecular complexity index is 554. The molecule has 0 spiro atoms. The minimum absolute atomic E-state index is 1.03. The molecule has 0 N–H and O–H groups in total. The van der Waals surface area contributed by atoms with Crippen molar-refractivity contribution in [1.82, 2.24) is 9.59 Å². The first-order valence-corrected chi connectivity index (χ1v) is 5.85. The zero-order valence-corrected chi connectivity index (χ0v) is 8.81. The third-order valence-electron chi connectivity index (χ3n) is 2.05. The lowest BCUT2D eigenvalue weighted by Crippen LogP contribution is -1.72. The van der Waals surface area contributed by atoms with Gasteiger partial charge in [0, 0.05) is 5.38 Å². The lowest BCUT2D eigenvalue weighted by Gasteiger charge is -1.94. The molecule has 0 unspecified atom stereocenters. The SMILES string of the molecule is c1ccc(-c2scc3snnc23)cc1. The maximum Gasteiger partial charge on any atom is 0.124 e. The molecule has 2 nitrogen and oxygen atoms in total. The summed E-state index contributed by atoms with van der Waals surface area (Å²) in [6.07, 6.45) is 0. The summed E-state index contributed by atoms with van der Waals surface area (Å²) in [6, 6.07) is 10.3. The van der Waals surface area contributed by atoms with Crippen LogP contribution in [0.4, 0.5) is 0 Å². The molecule has 4 heteroatoms. The van der Waals surface area contributed by atoms with Gasteiger partial charge in [0.25, 0.3) is 0 Å². The van der Waals surface area contributed by atoms with Gasteiger partial charge in [-0.15, -0.1) is 16.4 Å². The fraction of sp³-hybridized carbons (Fsp3) is 0. The van der Waals surface area contributed by atoms with Gasteiger partial charge in [-0.3, -0.25) is 0 Å². The Morgan fingerprint density at radius 2 is 1.93 bits per heavy atom. The van der Waals surface area contributed by atoms with E-state index in [0.717, 1.165) is 5.52 Å². The second kappa shape index (κ2) is 3.15. The van der Waals surface area contributed by atoms with Crippen LogP contribution >= 0.6 is 22.9 Å². The summed E-state index contributed by atoms with van der Waals surface area (Å²) in [5, 5.41) is 6.25. The molecule has 0 saturated heterocycles. The zero-order valence-electron chi connectivity index (χ0n) is 7.18. The van der Waals surface area contributed by atoms with Crippen molar-refractivity contribution in [3.63, 3.8) is 0 Å². The van der Waals surface area contributed by atoms with Gasteiger partial charge in [0.1, 0.15) is 5.52 Å². The highest BCUT2D eigenvalue weighted by Gasteiger charge is 2.08. The smallest absolute Gasteiger partial charge is 0.124 e. The molecule has 0 atom stereocenters. The number of thiophene rings is 1. The van der Waals surface area contributed by atoms with Crippen LogP contribution in [-0.4, -0.2) is 9.59 Å². The van der Waals surface area contributed by atoms with Crippen molar-refractivity contribution in [2.75, 3.05) is 0 Å². The summed E-state index contributed by atoms with van der Waals surface area (Å²) in [5.41, 5.74) is 2.26. The van der Waals surface area contributed by atoms with Crippen molar-refractivity contribution >= 4 is 33.1 Å². The molecule has 0 fully saturated rings. The highest BCUT2D eigenvalue weighted by molar-refractivity contribution is 7.21. The van der Waals surface area contributed by atoms with E-state index in [0.29, 0.717) is 0 Å². The third-order valence-corrected chi connectivity index (χ3v) is 3.89. The lowest BCUT2D eigenvalue weighted by atomic mass is 10.2. The summed E-state index contributed by atoms with van der Waals surface area (Å²) in [7, 11) is 0. The Kier molecular flexibility index (Phi) is 1.82. The maximum absolute atomic E-state index is 4.13. The lowest BCUT2D eigenvalue weighted by molar-refractivity contribution is 1.20. The van der Waals surface area contributed by atoms with Crippen molar-refractivity contribution in [2.45, 2.75) is 0 Å². The Morgan fingerprint density at radius 3 is 2.79 bits per heavy atom. The van der Waals surface area contributed by atoms with Crippen molar-refractivity contribution in [3.8, 4) is 10.4 Å². The predicted molar refractivity (Wildman–Crippen MR) is 60.7 cm³/mol.